The van der Waals surface area contributed by atoms with E-state index in [4.69, 9.17) is 10.6 Å². The number of benzene rings is 3. The van der Waals surface area contributed by atoms with Gasteiger partial charge in [-0.2, -0.15) is 5.10 Å². The minimum absolute atomic E-state index is 0.218. The third-order valence-corrected chi connectivity index (χ3v) is 5.23. The molecule has 0 unspecified atom stereocenters. The van der Waals surface area contributed by atoms with E-state index in [1.54, 1.807) is 4.68 Å². The normalized spacial score (nSPS) is 11.1. The van der Waals surface area contributed by atoms with Gasteiger partial charge in [0.25, 0.3) is 0 Å². The van der Waals surface area contributed by atoms with Crippen LogP contribution in [0.1, 0.15) is 32.0 Å². The van der Waals surface area contributed by atoms with Crippen LogP contribution in [0.5, 0.6) is 0 Å². The quantitative estimate of drug-likeness (QED) is 0.203. The van der Waals surface area contributed by atoms with Crippen LogP contribution in [0.2, 0.25) is 0 Å². The van der Waals surface area contributed by atoms with E-state index in [2.05, 4.69) is 41.4 Å². The van der Waals surface area contributed by atoms with Gasteiger partial charge in [-0.15, -0.1) is 0 Å². The standard InChI is InChI=1S/C25H25N7O/c1-25(2,3)22-15-23(29-24(33)28-19-10-5-4-6-11-19)32(30-22)20-13-17-9-7-8-12-21(17)18(14-20)16-27-31-26/h4-15H,16H2,1-3H3,(H2,28,29,33). The van der Waals surface area contributed by atoms with Crippen molar-refractivity contribution in [2.75, 3.05) is 10.6 Å². The third-order valence-electron chi connectivity index (χ3n) is 5.23. The fourth-order valence-electron chi connectivity index (χ4n) is 3.57. The Kier molecular flexibility index (Phi) is 6.02. The van der Waals surface area contributed by atoms with Crippen LogP contribution in [0.4, 0.5) is 16.3 Å². The molecule has 0 saturated carbocycles. The molecule has 8 nitrogen and oxygen atoms in total. The van der Waals surface area contributed by atoms with Gasteiger partial charge < -0.3 is 5.32 Å². The fraction of sp³-hybridized carbons (Fsp3) is 0.200. The molecule has 0 aliphatic carbocycles. The smallest absolute Gasteiger partial charge is 0.308 e. The van der Waals surface area contributed by atoms with Crippen molar-refractivity contribution in [1.29, 1.82) is 0 Å². The van der Waals surface area contributed by atoms with Gasteiger partial charge >= 0.3 is 6.03 Å². The molecule has 33 heavy (non-hydrogen) atoms. The minimum Gasteiger partial charge on any atom is -0.308 e. The molecule has 0 atom stereocenters. The second kappa shape index (κ2) is 9.06. The van der Waals surface area contributed by atoms with Gasteiger partial charge in [0.2, 0.25) is 0 Å². The maximum Gasteiger partial charge on any atom is 0.324 e. The lowest BCUT2D eigenvalue weighted by Gasteiger charge is -2.14. The number of hydrogen-bond donors (Lipinski definition) is 2. The number of hydrogen-bond acceptors (Lipinski definition) is 3. The number of amides is 2. The molecule has 166 valence electrons. The number of fused-ring (bicyclic) bond motifs is 1. The van der Waals surface area contributed by atoms with Crippen molar-refractivity contribution in [3.8, 4) is 5.69 Å². The first-order chi connectivity index (χ1) is 15.8. The van der Waals surface area contributed by atoms with Crippen LogP contribution in [-0.2, 0) is 12.0 Å². The van der Waals surface area contributed by atoms with E-state index >= 15 is 0 Å². The Morgan fingerprint density at radius 2 is 1.76 bits per heavy atom. The van der Waals surface area contributed by atoms with E-state index < -0.39 is 0 Å². The van der Waals surface area contributed by atoms with Gasteiger partial charge in [0, 0.05) is 22.1 Å². The van der Waals surface area contributed by atoms with Crippen molar-refractivity contribution in [3.63, 3.8) is 0 Å². The molecule has 3 aromatic carbocycles. The summed E-state index contributed by atoms with van der Waals surface area (Å²) in [5, 5.41) is 16.3. The molecule has 0 bridgehead atoms. The number of anilines is 2. The number of rotatable bonds is 5. The number of carbonyl (C=O) groups excluding carboxylic acids is 1. The maximum atomic E-state index is 12.7. The van der Waals surface area contributed by atoms with E-state index in [0.717, 1.165) is 27.7 Å². The molecular weight excluding hydrogens is 414 g/mol. The van der Waals surface area contributed by atoms with Gasteiger partial charge in [-0.25, -0.2) is 9.48 Å². The first kappa shape index (κ1) is 21.9. The Morgan fingerprint density at radius 3 is 2.48 bits per heavy atom. The van der Waals surface area contributed by atoms with E-state index in [0.29, 0.717) is 11.5 Å². The number of nitrogens with zero attached hydrogens (tertiary/aromatic N) is 5. The van der Waals surface area contributed by atoms with Gasteiger partial charge in [-0.3, -0.25) is 5.32 Å². The number of aromatic nitrogens is 2. The monoisotopic (exact) mass is 439 g/mol. The zero-order valence-electron chi connectivity index (χ0n) is 18.8. The summed E-state index contributed by atoms with van der Waals surface area (Å²) in [7, 11) is 0. The Morgan fingerprint density at radius 1 is 1.03 bits per heavy atom. The molecule has 2 N–H and O–H groups in total. The molecule has 4 rings (SSSR count). The SMILES string of the molecule is CC(C)(C)c1cc(NC(=O)Nc2ccccc2)n(-c2cc(CN=[N+]=[N-])c3ccccc3c2)n1. The number of azide groups is 1. The Bertz CT molecular complexity index is 1350. The van der Waals surface area contributed by atoms with Crippen LogP contribution in [-0.4, -0.2) is 15.8 Å². The molecule has 2 amide bonds. The Balaban J connectivity index is 1.78. The van der Waals surface area contributed by atoms with Crippen LogP contribution in [0.15, 0.2) is 77.9 Å². The second-order valence-corrected chi connectivity index (χ2v) is 8.74. The number of carbonyl (C=O) groups is 1. The first-order valence-electron chi connectivity index (χ1n) is 10.6. The third kappa shape index (κ3) is 4.97. The topological polar surface area (TPSA) is 108 Å². The van der Waals surface area contributed by atoms with Crippen LogP contribution in [0.3, 0.4) is 0 Å². The molecule has 0 aliphatic rings. The summed E-state index contributed by atoms with van der Waals surface area (Å²) in [4.78, 5) is 15.6. The van der Waals surface area contributed by atoms with E-state index in [1.807, 2.05) is 72.8 Å². The second-order valence-electron chi connectivity index (χ2n) is 8.74. The lowest BCUT2D eigenvalue weighted by molar-refractivity contribution is 0.262. The molecule has 0 saturated heterocycles. The molecule has 1 heterocycles. The number of urea groups is 1. The van der Waals surface area contributed by atoms with Crippen molar-refractivity contribution in [2.45, 2.75) is 32.7 Å². The molecule has 1 aromatic heterocycles. The van der Waals surface area contributed by atoms with Crippen LogP contribution in [0.25, 0.3) is 26.9 Å². The maximum absolute atomic E-state index is 12.7. The summed E-state index contributed by atoms with van der Waals surface area (Å²) in [6, 6.07) is 22.6. The van der Waals surface area contributed by atoms with Gasteiger partial charge in [0.05, 0.1) is 17.9 Å². The predicted octanol–water partition coefficient (Wildman–Crippen LogP) is 6.78. The van der Waals surface area contributed by atoms with E-state index in [-0.39, 0.29) is 18.0 Å². The fourth-order valence-corrected chi connectivity index (χ4v) is 3.57. The zero-order chi connectivity index (χ0) is 23.4. The summed E-state index contributed by atoms with van der Waals surface area (Å²) in [6.45, 7) is 6.43. The van der Waals surface area contributed by atoms with Crippen LogP contribution in [0, 0.1) is 0 Å². The van der Waals surface area contributed by atoms with Gasteiger partial charge in [-0.1, -0.05) is 68.4 Å². The highest BCUT2D eigenvalue weighted by molar-refractivity contribution is 5.99. The molecule has 8 heteroatoms. The molecule has 0 radical (unpaired) electrons. The van der Waals surface area contributed by atoms with Crippen molar-refractivity contribution >= 4 is 28.3 Å². The van der Waals surface area contributed by atoms with E-state index in [1.165, 1.54) is 0 Å². The first-order valence-corrected chi connectivity index (χ1v) is 10.6. The van der Waals surface area contributed by atoms with Crippen molar-refractivity contribution in [1.82, 2.24) is 9.78 Å². The summed E-state index contributed by atoms with van der Waals surface area (Å²) in [5.41, 5.74) is 11.8. The zero-order valence-corrected chi connectivity index (χ0v) is 18.8. The lowest BCUT2D eigenvalue weighted by Crippen LogP contribution is -2.21. The van der Waals surface area contributed by atoms with E-state index in [9.17, 15) is 4.79 Å². The lowest BCUT2D eigenvalue weighted by atomic mass is 9.92. The van der Waals surface area contributed by atoms with Crippen molar-refractivity contribution in [2.24, 2.45) is 5.11 Å². The van der Waals surface area contributed by atoms with Crippen molar-refractivity contribution < 1.29 is 4.79 Å². The Hall–Kier alpha value is -4.29. The average Bonchev–Trinajstić information content (AvgIpc) is 3.22. The largest absolute Gasteiger partial charge is 0.324 e. The Labute approximate surface area is 191 Å². The molecule has 0 fully saturated rings. The predicted molar refractivity (Wildman–Crippen MR) is 132 cm³/mol. The van der Waals surface area contributed by atoms with Gasteiger partial charge in [0.15, 0.2) is 0 Å². The summed E-state index contributed by atoms with van der Waals surface area (Å²) >= 11 is 0. The highest BCUT2D eigenvalue weighted by Crippen LogP contribution is 2.29. The minimum atomic E-state index is -0.363. The van der Waals surface area contributed by atoms with Crippen molar-refractivity contribution in [3.05, 3.63) is 94.5 Å². The highest BCUT2D eigenvalue weighted by Gasteiger charge is 2.22. The van der Waals surface area contributed by atoms with Crippen LogP contribution < -0.4 is 10.6 Å². The summed E-state index contributed by atoms with van der Waals surface area (Å²) in [5.74, 6) is 0.540. The molecule has 0 aliphatic heterocycles. The molecule has 4 aromatic rings. The summed E-state index contributed by atoms with van der Waals surface area (Å²) in [6.07, 6.45) is 0. The number of para-hydroxylation sites is 1. The highest BCUT2D eigenvalue weighted by atomic mass is 16.2. The molecular formula is C25H25N7O. The summed E-state index contributed by atoms with van der Waals surface area (Å²) < 4.78 is 1.72. The molecule has 0 spiro atoms. The average molecular weight is 440 g/mol. The van der Waals surface area contributed by atoms with Crippen LogP contribution >= 0.6 is 0 Å². The van der Waals surface area contributed by atoms with Gasteiger partial charge in [0.1, 0.15) is 5.82 Å². The number of nitrogens with one attached hydrogen (secondary N) is 2. The van der Waals surface area contributed by atoms with Gasteiger partial charge in [-0.05, 0) is 46.1 Å².